The van der Waals surface area contributed by atoms with Gasteiger partial charge in [-0.25, -0.2) is 0 Å². The number of amides is 2. The van der Waals surface area contributed by atoms with Crippen molar-refractivity contribution in [3.63, 3.8) is 0 Å². The number of nitrogens with one attached hydrogen (secondary N) is 1. The third-order valence-electron chi connectivity index (χ3n) is 5.69. The van der Waals surface area contributed by atoms with Gasteiger partial charge in [-0.1, -0.05) is 57.2 Å². The van der Waals surface area contributed by atoms with E-state index >= 15 is 0 Å². The average Bonchev–Trinajstić information content (AvgIpc) is 2.74. The normalized spacial score (nSPS) is 13.6. The minimum Gasteiger partial charge on any atom is -0.482 e. The molecule has 154 valence electrons. The molecule has 2 aromatic carbocycles. The molecule has 5 nitrogen and oxygen atoms in total. The average molecular weight is 395 g/mol. The second kappa shape index (κ2) is 9.12. The third kappa shape index (κ3) is 5.17. The van der Waals surface area contributed by atoms with E-state index in [2.05, 4.69) is 38.2 Å². The lowest BCUT2D eigenvalue weighted by Crippen LogP contribution is -2.40. The van der Waals surface area contributed by atoms with Crippen LogP contribution in [0.15, 0.2) is 48.5 Å². The van der Waals surface area contributed by atoms with Gasteiger partial charge in [0.15, 0.2) is 6.61 Å². The summed E-state index contributed by atoms with van der Waals surface area (Å²) in [6.45, 7) is 7.62. The highest BCUT2D eigenvalue weighted by Gasteiger charge is 2.28. The maximum atomic E-state index is 12.5. The molecule has 5 heteroatoms. The molecule has 0 unspecified atom stereocenters. The number of carbonyl (C=O) groups excluding carboxylic acids is 2. The van der Waals surface area contributed by atoms with Crippen LogP contribution in [-0.2, 0) is 21.5 Å². The summed E-state index contributed by atoms with van der Waals surface area (Å²) in [5, 5.41) is 2.94. The second-order valence-electron chi connectivity index (χ2n) is 8.12. The summed E-state index contributed by atoms with van der Waals surface area (Å²) in [5.41, 5.74) is 3.09. The Hall–Kier alpha value is -2.82. The number of anilines is 1. The van der Waals surface area contributed by atoms with E-state index < -0.39 is 0 Å². The SMILES string of the molecule is CCC(C)(C)c1ccc2c(c1)N(CCCC(=O)NCc1ccccc1)C(=O)CO2. The molecule has 0 spiro atoms. The van der Waals surface area contributed by atoms with Gasteiger partial charge in [0.1, 0.15) is 5.75 Å². The lowest BCUT2D eigenvalue weighted by Gasteiger charge is -2.32. The van der Waals surface area contributed by atoms with Crippen molar-refractivity contribution in [1.82, 2.24) is 5.32 Å². The predicted molar refractivity (Wildman–Crippen MR) is 115 cm³/mol. The number of benzene rings is 2. The molecule has 0 atom stereocenters. The largest absolute Gasteiger partial charge is 0.482 e. The van der Waals surface area contributed by atoms with Crippen molar-refractivity contribution < 1.29 is 14.3 Å². The van der Waals surface area contributed by atoms with Crippen LogP contribution in [0.25, 0.3) is 0 Å². The number of hydrogen-bond donors (Lipinski definition) is 1. The maximum absolute atomic E-state index is 12.5. The Balaban J connectivity index is 1.60. The van der Waals surface area contributed by atoms with Crippen molar-refractivity contribution in [2.45, 2.75) is 52.0 Å². The van der Waals surface area contributed by atoms with Crippen LogP contribution >= 0.6 is 0 Å². The highest BCUT2D eigenvalue weighted by atomic mass is 16.5. The van der Waals surface area contributed by atoms with Gasteiger partial charge in [0.05, 0.1) is 5.69 Å². The number of fused-ring (bicyclic) bond motifs is 1. The summed E-state index contributed by atoms with van der Waals surface area (Å²) in [6.07, 6.45) is 1.99. The minimum atomic E-state index is -0.0614. The van der Waals surface area contributed by atoms with Gasteiger partial charge in [0, 0.05) is 19.5 Å². The van der Waals surface area contributed by atoms with Crippen LogP contribution in [0.1, 0.15) is 51.2 Å². The summed E-state index contributed by atoms with van der Waals surface area (Å²) < 4.78 is 5.61. The molecule has 2 amide bonds. The van der Waals surface area contributed by atoms with Crippen LogP contribution in [0.4, 0.5) is 5.69 Å². The maximum Gasteiger partial charge on any atom is 0.265 e. The van der Waals surface area contributed by atoms with E-state index in [1.54, 1.807) is 4.90 Å². The zero-order chi connectivity index (χ0) is 20.9. The van der Waals surface area contributed by atoms with E-state index in [1.165, 1.54) is 5.56 Å². The topological polar surface area (TPSA) is 58.6 Å². The van der Waals surface area contributed by atoms with E-state index in [0.717, 1.165) is 23.4 Å². The summed E-state index contributed by atoms with van der Waals surface area (Å²) in [4.78, 5) is 26.4. The van der Waals surface area contributed by atoms with Crippen molar-refractivity contribution in [2.75, 3.05) is 18.1 Å². The Labute approximate surface area is 173 Å². The highest BCUT2D eigenvalue weighted by molar-refractivity contribution is 5.98. The van der Waals surface area contributed by atoms with Crippen LogP contribution < -0.4 is 15.0 Å². The fraction of sp³-hybridized carbons (Fsp3) is 0.417. The number of hydrogen-bond acceptors (Lipinski definition) is 3. The fourth-order valence-electron chi connectivity index (χ4n) is 3.35. The third-order valence-corrected chi connectivity index (χ3v) is 5.69. The first-order valence-corrected chi connectivity index (χ1v) is 10.3. The van der Waals surface area contributed by atoms with Gasteiger partial charge in [-0.15, -0.1) is 0 Å². The van der Waals surface area contributed by atoms with Crippen LogP contribution in [0.5, 0.6) is 5.75 Å². The van der Waals surface area contributed by atoms with Crippen molar-refractivity contribution in [1.29, 1.82) is 0 Å². The molecule has 29 heavy (non-hydrogen) atoms. The number of rotatable bonds is 8. The molecule has 0 aliphatic carbocycles. The van der Waals surface area contributed by atoms with Crippen LogP contribution in [0.3, 0.4) is 0 Å². The van der Waals surface area contributed by atoms with Crippen LogP contribution in [0, 0.1) is 0 Å². The van der Waals surface area contributed by atoms with E-state index in [9.17, 15) is 9.59 Å². The quantitative estimate of drug-likeness (QED) is 0.730. The smallest absolute Gasteiger partial charge is 0.265 e. The molecule has 0 saturated heterocycles. The Morgan fingerprint density at radius 2 is 1.93 bits per heavy atom. The van der Waals surface area contributed by atoms with E-state index in [1.807, 2.05) is 36.4 Å². The molecule has 1 N–H and O–H groups in total. The first-order chi connectivity index (χ1) is 13.9. The molecule has 1 aliphatic heterocycles. The first kappa shape index (κ1) is 20.9. The van der Waals surface area contributed by atoms with Crippen LogP contribution in [0.2, 0.25) is 0 Å². The molecule has 1 aliphatic rings. The molecule has 0 aromatic heterocycles. The van der Waals surface area contributed by atoms with Crippen molar-refractivity contribution >= 4 is 17.5 Å². The Bertz CT molecular complexity index is 862. The summed E-state index contributed by atoms with van der Waals surface area (Å²) in [7, 11) is 0. The van der Waals surface area contributed by atoms with Gasteiger partial charge in [-0.2, -0.15) is 0 Å². The fourth-order valence-corrected chi connectivity index (χ4v) is 3.35. The lowest BCUT2D eigenvalue weighted by molar-refractivity contribution is -0.123. The Morgan fingerprint density at radius 1 is 1.17 bits per heavy atom. The molecular weight excluding hydrogens is 364 g/mol. The molecule has 0 saturated carbocycles. The van der Waals surface area contributed by atoms with Crippen molar-refractivity contribution in [2.24, 2.45) is 0 Å². The molecule has 2 aromatic rings. The van der Waals surface area contributed by atoms with Crippen molar-refractivity contribution in [3.05, 3.63) is 59.7 Å². The van der Waals surface area contributed by atoms with Gasteiger partial charge in [0.2, 0.25) is 5.91 Å². The second-order valence-corrected chi connectivity index (χ2v) is 8.12. The molecule has 3 rings (SSSR count). The molecule has 0 bridgehead atoms. The number of nitrogens with zero attached hydrogens (tertiary/aromatic N) is 1. The zero-order valence-electron chi connectivity index (χ0n) is 17.5. The monoisotopic (exact) mass is 394 g/mol. The molecule has 0 radical (unpaired) electrons. The first-order valence-electron chi connectivity index (χ1n) is 10.3. The van der Waals surface area contributed by atoms with Crippen LogP contribution in [-0.4, -0.2) is 25.0 Å². The standard InChI is InChI=1S/C24H30N2O3/c1-4-24(2,3)19-12-13-21-20(15-19)26(23(28)17-29-21)14-8-11-22(27)25-16-18-9-6-5-7-10-18/h5-7,9-10,12-13,15H,4,8,11,14,16-17H2,1-3H3,(H,25,27). The van der Waals surface area contributed by atoms with E-state index in [0.29, 0.717) is 25.9 Å². The van der Waals surface area contributed by atoms with Gasteiger partial charge >= 0.3 is 0 Å². The summed E-state index contributed by atoms with van der Waals surface area (Å²) >= 11 is 0. The highest BCUT2D eigenvalue weighted by Crippen LogP contribution is 2.37. The summed E-state index contributed by atoms with van der Waals surface area (Å²) in [6, 6.07) is 15.9. The van der Waals surface area contributed by atoms with Gasteiger partial charge in [-0.3, -0.25) is 9.59 Å². The zero-order valence-corrected chi connectivity index (χ0v) is 17.5. The lowest BCUT2D eigenvalue weighted by atomic mass is 9.82. The van der Waals surface area contributed by atoms with Gasteiger partial charge < -0.3 is 15.0 Å². The van der Waals surface area contributed by atoms with E-state index in [-0.39, 0.29) is 23.8 Å². The predicted octanol–water partition coefficient (Wildman–Crippen LogP) is 4.20. The number of carbonyl (C=O) groups is 2. The van der Waals surface area contributed by atoms with Gasteiger partial charge in [-0.05, 0) is 41.5 Å². The Kier molecular flexibility index (Phi) is 6.57. The molecule has 0 fully saturated rings. The number of ether oxygens (including phenoxy) is 1. The Morgan fingerprint density at radius 3 is 2.66 bits per heavy atom. The molecule has 1 heterocycles. The summed E-state index contributed by atoms with van der Waals surface area (Å²) in [5.74, 6) is 0.665. The minimum absolute atomic E-state index is 0.00403. The van der Waals surface area contributed by atoms with Crippen molar-refractivity contribution in [3.8, 4) is 5.75 Å². The molecular formula is C24H30N2O3. The van der Waals surface area contributed by atoms with Gasteiger partial charge in [0.25, 0.3) is 5.91 Å². The van der Waals surface area contributed by atoms with E-state index in [4.69, 9.17) is 4.74 Å².